The summed E-state index contributed by atoms with van der Waals surface area (Å²) in [4.78, 5) is -0.121. The lowest BCUT2D eigenvalue weighted by atomic mass is 10.1. The number of anilines is 1. The number of hydrogen-bond donors (Lipinski definition) is 4. The van der Waals surface area contributed by atoms with Gasteiger partial charge >= 0.3 is 0 Å². The average molecular weight is 296 g/mol. The Morgan fingerprint density at radius 3 is 2.60 bits per heavy atom. The van der Waals surface area contributed by atoms with Gasteiger partial charge < -0.3 is 10.8 Å². The third-order valence-electron chi connectivity index (χ3n) is 2.79. The van der Waals surface area contributed by atoms with Crippen molar-refractivity contribution in [1.29, 1.82) is 0 Å². The normalized spacial score (nSPS) is 13.2. The van der Waals surface area contributed by atoms with Crippen LogP contribution in [0, 0.1) is 0 Å². The molecule has 0 bridgehead atoms. The maximum atomic E-state index is 12.1. The maximum Gasteiger partial charge on any atom is 0.246 e. The molecule has 1 aromatic heterocycles. The largest absolute Gasteiger partial charge is 0.395 e. The molecule has 0 fully saturated rings. The standard InChI is InChI=1S/C12H16N4O3S/c13-12-11(7-14-15-12)20(18,19)16-10(8-17)6-9-4-2-1-3-5-9/h1-5,7,10,16-17H,6,8H2,(H3,13,14,15). The van der Waals surface area contributed by atoms with Crippen molar-refractivity contribution in [3.63, 3.8) is 0 Å². The lowest BCUT2D eigenvalue weighted by molar-refractivity contribution is 0.256. The first-order valence-electron chi connectivity index (χ1n) is 5.99. The van der Waals surface area contributed by atoms with Crippen molar-refractivity contribution < 1.29 is 13.5 Å². The van der Waals surface area contributed by atoms with E-state index in [-0.39, 0.29) is 17.3 Å². The lowest BCUT2D eigenvalue weighted by Crippen LogP contribution is -2.39. The molecule has 7 nitrogen and oxygen atoms in total. The molecule has 0 saturated carbocycles. The van der Waals surface area contributed by atoms with Crippen LogP contribution in [0.2, 0.25) is 0 Å². The summed E-state index contributed by atoms with van der Waals surface area (Å²) in [6.45, 7) is -0.314. The van der Waals surface area contributed by atoms with Gasteiger partial charge in [-0.15, -0.1) is 0 Å². The first-order chi connectivity index (χ1) is 9.53. The number of H-pyrrole nitrogens is 1. The van der Waals surface area contributed by atoms with Gasteiger partial charge in [0.2, 0.25) is 10.0 Å². The van der Waals surface area contributed by atoms with Gasteiger partial charge in [0.25, 0.3) is 0 Å². The van der Waals surface area contributed by atoms with Gasteiger partial charge in [0, 0.05) is 6.04 Å². The molecule has 1 aromatic carbocycles. The number of benzene rings is 1. The molecule has 0 radical (unpaired) electrons. The van der Waals surface area contributed by atoms with Crippen molar-refractivity contribution in [2.45, 2.75) is 17.4 Å². The van der Waals surface area contributed by atoms with E-state index in [0.717, 1.165) is 11.8 Å². The molecule has 0 aliphatic heterocycles. The van der Waals surface area contributed by atoms with E-state index in [0.29, 0.717) is 6.42 Å². The van der Waals surface area contributed by atoms with Gasteiger partial charge in [0.05, 0.1) is 12.8 Å². The summed E-state index contributed by atoms with van der Waals surface area (Å²) in [6, 6.07) is 8.68. The minimum absolute atomic E-state index is 0.0334. The van der Waals surface area contributed by atoms with Gasteiger partial charge in [-0.2, -0.15) is 5.10 Å². The highest BCUT2D eigenvalue weighted by molar-refractivity contribution is 7.89. The minimum atomic E-state index is -3.81. The molecule has 1 atom stereocenters. The summed E-state index contributed by atoms with van der Waals surface area (Å²) in [5, 5.41) is 15.3. The van der Waals surface area contributed by atoms with Crippen LogP contribution in [-0.4, -0.2) is 36.4 Å². The smallest absolute Gasteiger partial charge is 0.246 e. The minimum Gasteiger partial charge on any atom is -0.395 e. The third-order valence-corrected chi connectivity index (χ3v) is 4.34. The predicted octanol–water partition coefficient (Wildman–Crippen LogP) is -0.126. The van der Waals surface area contributed by atoms with E-state index in [9.17, 15) is 13.5 Å². The van der Waals surface area contributed by atoms with Crippen LogP contribution >= 0.6 is 0 Å². The van der Waals surface area contributed by atoms with Gasteiger partial charge in [0.15, 0.2) is 0 Å². The predicted molar refractivity (Wildman–Crippen MR) is 74.3 cm³/mol. The van der Waals surface area contributed by atoms with Gasteiger partial charge in [-0.3, -0.25) is 5.10 Å². The Kier molecular flexibility index (Phi) is 4.38. The van der Waals surface area contributed by atoms with Crippen LogP contribution in [0.3, 0.4) is 0 Å². The van der Waals surface area contributed by atoms with Crippen LogP contribution in [0.25, 0.3) is 0 Å². The summed E-state index contributed by atoms with van der Waals surface area (Å²) < 4.78 is 26.6. The number of nitrogens with zero attached hydrogens (tertiary/aromatic N) is 1. The van der Waals surface area contributed by atoms with Crippen LogP contribution in [0.4, 0.5) is 5.82 Å². The number of rotatable bonds is 6. The fourth-order valence-corrected chi connectivity index (χ4v) is 3.07. The Balaban J connectivity index is 2.12. The van der Waals surface area contributed by atoms with E-state index in [2.05, 4.69) is 14.9 Å². The number of nitrogen functional groups attached to an aromatic ring is 1. The van der Waals surface area contributed by atoms with Crippen molar-refractivity contribution >= 4 is 15.8 Å². The van der Waals surface area contributed by atoms with Crippen molar-refractivity contribution in [2.75, 3.05) is 12.3 Å². The summed E-state index contributed by atoms with van der Waals surface area (Å²) in [5.41, 5.74) is 6.42. The van der Waals surface area contributed by atoms with Crippen LogP contribution in [0.15, 0.2) is 41.4 Å². The maximum absolute atomic E-state index is 12.1. The fraction of sp³-hybridized carbons (Fsp3) is 0.250. The molecular weight excluding hydrogens is 280 g/mol. The van der Waals surface area contributed by atoms with Crippen LogP contribution in [0.1, 0.15) is 5.56 Å². The molecule has 2 rings (SSSR count). The van der Waals surface area contributed by atoms with Crippen LogP contribution in [-0.2, 0) is 16.4 Å². The van der Waals surface area contributed by atoms with Gasteiger partial charge in [0.1, 0.15) is 10.7 Å². The van der Waals surface area contributed by atoms with Crippen molar-refractivity contribution in [3.05, 3.63) is 42.1 Å². The number of nitrogens with one attached hydrogen (secondary N) is 2. The first kappa shape index (κ1) is 14.5. The number of nitrogens with two attached hydrogens (primary N) is 1. The number of aromatic nitrogens is 2. The van der Waals surface area contributed by atoms with E-state index >= 15 is 0 Å². The van der Waals surface area contributed by atoms with Gasteiger partial charge in [-0.1, -0.05) is 30.3 Å². The van der Waals surface area contributed by atoms with Crippen LogP contribution in [0.5, 0.6) is 0 Å². The average Bonchev–Trinajstić information content (AvgIpc) is 2.86. The van der Waals surface area contributed by atoms with E-state index in [4.69, 9.17) is 5.73 Å². The van der Waals surface area contributed by atoms with Crippen molar-refractivity contribution in [2.24, 2.45) is 0 Å². The van der Waals surface area contributed by atoms with Gasteiger partial charge in [-0.25, -0.2) is 13.1 Å². The van der Waals surface area contributed by atoms with E-state index in [1.807, 2.05) is 30.3 Å². The second kappa shape index (κ2) is 6.04. The van der Waals surface area contributed by atoms with Crippen LogP contribution < -0.4 is 10.5 Å². The van der Waals surface area contributed by atoms with Gasteiger partial charge in [-0.05, 0) is 12.0 Å². The molecule has 0 amide bonds. The highest BCUT2D eigenvalue weighted by Crippen LogP contribution is 2.15. The molecule has 0 aliphatic rings. The number of aliphatic hydroxyl groups is 1. The van der Waals surface area contributed by atoms with E-state index in [1.165, 1.54) is 0 Å². The second-order valence-electron chi connectivity index (χ2n) is 4.34. The van der Waals surface area contributed by atoms with Crippen molar-refractivity contribution in [3.8, 4) is 0 Å². The topological polar surface area (TPSA) is 121 Å². The Morgan fingerprint density at radius 2 is 2.05 bits per heavy atom. The molecule has 2 aromatic rings. The highest BCUT2D eigenvalue weighted by Gasteiger charge is 2.23. The number of aliphatic hydroxyl groups excluding tert-OH is 1. The Labute approximate surface area is 116 Å². The molecule has 5 N–H and O–H groups in total. The Bertz CT molecular complexity index is 654. The quantitative estimate of drug-likeness (QED) is 0.592. The van der Waals surface area contributed by atoms with E-state index in [1.54, 1.807) is 0 Å². The van der Waals surface area contributed by atoms with E-state index < -0.39 is 16.1 Å². The molecular formula is C12H16N4O3S. The molecule has 1 unspecified atom stereocenters. The Hall–Kier alpha value is -1.90. The molecule has 0 aliphatic carbocycles. The monoisotopic (exact) mass is 296 g/mol. The molecule has 20 heavy (non-hydrogen) atoms. The molecule has 0 saturated heterocycles. The number of hydrogen-bond acceptors (Lipinski definition) is 5. The number of aromatic amines is 1. The summed E-state index contributed by atoms with van der Waals surface area (Å²) in [6.07, 6.45) is 1.52. The third kappa shape index (κ3) is 3.35. The Morgan fingerprint density at radius 1 is 1.35 bits per heavy atom. The zero-order valence-electron chi connectivity index (χ0n) is 10.7. The summed E-state index contributed by atoms with van der Waals surface area (Å²) in [7, 11) is -3.81. The van der Waals surface area contributed by atoms with Crippen molar-refractivity contribution in [1.82, 2.24) is 14.9 Å². The molecule has 0 spiro atoms. The lowest BCUT2D eigenvalue weighted by Gasteiger charge is -2.16. The summed E-state index contributed by atoms with van der Waals surface area (Å²) in [5.74, 6) is -0.0334. The first-order valence-corrected chi connectivity index (χ1v) is 7.47. The zero-order chi connectivity index (χ0) is 14.6. The fourth-order valence-electron chi connectivity index (χ4n) is 1.82. The SMILES string of the molecule is Nc1[nH]ncc1S(=O)(=O)NC(CO)Cc1ccccc1. The molecule has 1 heterocycles. The number of sulfonamides is 1. The highest BCUT2D eigenvalue weighted by atomic mass is 32.2. The summed E-state index contributed by atoms with van der Waals surface area (Å²) >= 11 is 0. The zero-order valence-corrected chi connectivity index (χ0v) is 11.5. The molecule has 8 heteroatoms. The molecule has 108 valence electrons. The second-order valence-corrected chi connectivity index (χ2v) is 6.02.